The van der Waals surface area contributed by atoms with Crippen LogP contribution in [0, 0.1) is 13.8 Å². The number of ketones is 1. The van der Waals surface area contributed by atoms with E-state index in [9.17, 15) is 9.59 Å². The van der Waals surface area contributed by atoms with Gasteiger partial charge in [0.1, 0.15) is 5.75 Å². The van der Waals surface area contributed by atoms with E-state index in [0.29, 0.717) is 11.3 Å². The standard InChI is InChI=1S/C11H11BrO4/c1-5-4-7(9(13)11(14)15)10(16-3)6(2)8(5)12/h4H,1-3H3,(H,14,15). The summed E-state index contributed by atoms with van der Waals surface area (Å²) in [7, 11) is 1.41. The van der Waals surface area contributed by atoms with Crippen LogP contribution in [0.15, 0.2) is 10.5 Å². The van der Waals surface area contributed by atoms with E-state index in [4.69, 9.17) is 9.84 Å². The third-order valence-electron chi connectivity index (χ3n) is 2.26. The van der Waals surface area contributed by atoms with Crippen molar-refractivity contribution in [2.45, 2.75) is 13.8 Å². The maximum absolute atomic E-state index is 11.4. The van der Waals surface area contributed by atoms with Gasteiger partial charge in [0.15, 0.2) is 0 Å². The Morgan fingerprint density at radius 2 is 1.94 bits per heavy atom. The summed E-state index contributed by atoms with van der Waals surface area (Å²) in [5.41, 5.74) is 1.59. The first kappa shape index (κ1) is 12.7. The molecule has 1 N–H and O–H groups in total. The van der Waals surface area contributed by atoms with E-state index < -0.39 is 11.8 Å². The van der Waals surface area contributed by atoms with Gasteiger partial charge in [0.2, 0.25) is 0 Å². The van der Waals surface area contributed by atoms with Gasteiger partial charge >= 0.3 is 5.97 Å². The zero-order valence-corrected chi connectivity index (χ0v) is 10.7. The van der Waals surface area contributed by atoms with Crippen LogP contribution in [0.2, 0.25) is 0 Å². The smallest absolute Gasteiger partial charge is 0.377 e. The van der Waals surface area contributed by atoms with E-state index in [2.05, 4.69) is 15.9 Å². The van der Waals surface area contributed by atoms with Gasteiger partial charge in [0.25, 0.3) is 5.78 Å². The molecule has 0 unspecified atom stereocenters. The number of carboxylic acid groups (broad SMARTS) is 1. The molecular formula is C11H11BrO4. The number of methoxy groups -OCH3 is 1. The van der Waals surface area contributed by atoms with Crippen molar-refractivity contribution in [3.05, 3.63) is 27.2 Å². The zero-order valence-electron chi connectivity index (χ0n) is 9.13. The largest absolute Gasteiger partial charge is 0.496 e. The Balaban J connectivity index is 3.51. The van der Waals surface area contributed by atoms with E-state index in [1.807, 2.05) is 0 Å². The third-order valence-corrected chi connectivity index (χ3v) is 3.48. The van der Waals surface area contributed by atoms with Crippen LogP contribution in [0.4, 0.5) is 0 Å². The molecule has 4 nitrogen and oxygen atoms in total. The number of halogens is 1. The van der Waals surface area contributed by atoms with Crippen LogP contribution < -0.4 is 4.74 Å². The van der Waals surface area contributed by atoms with Gasteiger partial charge in [-0.25, -0.2) is 4.79 Å². The Labute approximate surface area is 101 Å². The Kier molecular flexibility index (Phi) is 3.70. The second-order valence-corrected chi connectivity index (χ2v) is 4.14. The fourth-order valence-corrected chi connectivity index (χ4v) is 1.78. The molecule has 1 aromatic rings. The lowest BCUT2D eigenvalue weighted by atomic mass is 10.0. The van der Waals surface area contributed by atoms with E-state index >= 15 is 0 Å². The van der Waals surface area contributed by atoms with E-state index in [1.54, 1.807) is 13.8 Å². The first-order valence-electron chi connectivity index (χ1n) is 4.51. The average Bonchev–Trinajstić information content (AvgIpc) is 2.24. The van der Waals surface area contributed by atoms with Gasteiger partial charge in [-0.2, -0.15) is 0 Å². The van der Waals surface area contributed by atoms with Gasteiger partial charge in [-0.1, -0.05) is 15.9 Å². The normalized spacial score (nSPS) is 10.0. The monoisotopic (exact) mass is 286 g/mol. The summed E-state index contributed by atoms with van der Waals surface area (Å²) in [4.78, 5) is 22.1. The van der Waals surface area contributed by atoms with Crippen molar-refractivity contribution >= 4 is 27.7 Å². The van der Waals surface area contributed by atoms with Crippen molar-refractivity contribution in [1.29, 1.82) is 0 Å². The first-order valence-corrected chi connectivity index (χ1v) is 5.30. The Hall–Kier alpha value is -1.36. The fraction of sp³-hybridized carbons (Fsp3) is 0.273. The van der Waals surface area contributed by atoms with E-state index in [1.165, 1.54) is 13.2 Å². The molecular weight excluding hydrogens is 276 g/mol. The van der Waals surface area contributed by atoms with E-state index in [-0.39, 0.29) is 5.56 Å². The highest BCUT2D eigenvalue weighted by molar-refractivity contribution is 9.10. The topological polar surface area (TPSA) is 63.6 Å². The number of rotatable bonds is 3. The summed E-state index contributed by atoms with van der Waals surface area (Å²) < 4.78 is 5.88. The average molecular weight is 287 g/mol. The molecule has 5 heteroatoms. The number of aliphatic carboxylic acids is 1. The third kappa shape index (κ3) is 2.09. The van der Waals surface area contributed by atoms with Crippen LogP contribution >= 0.6 is 15.9 Å². The molecule has 0 aliphatic rings. The van der Waals surface area contributed by atoms with Crippen molar-refractivity contribution in [3.8, 4) is 5.75 Å². The lowest BCUT2D eigenvalue weighted by Gasteiger charge is -2.12. The molecule has 0 bridgehead atoms. The minimum atomic E-state index is -1.49. The Bertz CT molecular complexity index is 466. The quantitative estimate of drug-likeness (QED) is 0.684. The number of hydrogen-bond acceptors (Lipinski definition) is 3. The molecule has 86 valence electrons. The van der Waals surface area contributed by atoms with Gasteiger partial charge in [-0.3, -0.25) is 4.79 Å². The second-order valence-electron chi connectivity index (χ2n) is 3.35. The van der Waals surface area contributed by atoms with Crippen LogP contribution in [0.25, 0.3) is 0 Å². The number of Topliss-reactive ketones (excluding diaryl/α,β-unsaturated/α-hetero) is 1. The second kappa shape index (κ2) is 4.65. The minimum absolute atomic E-state index is 0.0770. The fourth-order valence-electron chi connectivity index (χ4n) is 1.49. The molecule has 0 amide bonds. The molecule has 0 saturated carbocycles. The van der Waals surface area contributed by atoms with Crippen LogP contribution in [0.5, 0.6) is 5.75 Å². The Morgan fingerprint density at radius 3 is 2.38 bits per heavy atom. The molecule has 0 radical (unpaired) electrons. The summed E-state index contributed by atoms with van der Waals surface area (Å²) >= 11 is 3.35. The molecule has 1 rings (SSSR count). The van der Waals surface area contributed by atoms with Gasteiger partial charge in [-0.05, 0) is 25.5 Å². The van der Waals surface area contributed by atoms with Gasteiger partial charge in [-0.15, -0.1) is 0 Å². The van der Waals surface area contributed by atoms with Gasteiger partial charge in [0, 0.05) is 10.0 Å². The summed E-state index contributed by atoms with van der Waals surface area (Å²) in [6.07, 6.45) is 0. The van der Waals surface area contributed by atoms with Gasteiger partial charge < -0.3 is 9.84 Å². The molecule has 0 atom stereocenters. The summed E-state index contributed by atoms with van der Waals surface area (Å²) in [6, 6.07) is 1.51. The van der Waals surface area contributed by atoms with Crippen molar-refractivity contribution < 1.29 is 19.4 Å². The molecule has 0 aromatic heterocycles. The van der Waals surface area contributed by atoms with Crippen LogP contribution in [0.1, 0.15) is 21.5 Å². The number of carbonyl (C=O) groups excluding carboxylic acids is 1. The lowest BCUT2D eigenvalue weighted by molar-refractivity contribution is -0.131. The molecule has 1 aromatic carbocycles. The number of carboxylic acids is 1. The van der Waals surface area contributed by atoms with Crippen molar-refractivity contribution in [2.24, 2.45) is 0 Å². The number of benzene rings is 1. The molecule has 0 aliphatic heterocycles. The molecule has 0 spiro atoms. The summed E-state index contributed by atoms with van der Waals surface area (Å²) in [6.45, 7) is 3.55. The zero-order chi connectivity index (χ0) is 12.5. The van der Waals surface area contributed by atoms with E-state index in [0.717, 1.165) is 10.0 Å². The summed E-state index contributed by atoms with van der Waals surface area (Å²) in [5, 5.41) is 8.69. The predicted octanol–water partition coefficient (Wildman–Crippen LogP) is 2.34. The molecule has 0 fully saturated rings. The highest BCUT2D eigenvalue weighted by atomic mass is 79.9. The maximum Gasteiger partial charge on any atom is 0.377 e. The minimum Gasteiger partial charge on any atom is -0.496 e. The Morgan fingerprint density at radius 1 is 1.38 bits per heavy atom. The first-order chi connectivity index (χ1) is 7.40. The lowest BCUT2D eigenvalue weighted by Crippen LogP contribution is -2.15. The highest BCUT2D eigenvalue weighted by Crippen LogP contribution is 2.33. The molecule has 0 heterocycles. The number of aryl methyl sites for hydroxylation is 1. The van der Waals surface area contributed by atoms with Crippen LogP contribution in [-0.4, -0.2) is 24.0 Å². The molecule has 0 saturated heterocycles. The number of hydrogen-bond donors (Lipinski definition) is 1. The van der Waals surface area contributed by atoms with Gasteiger partial charge in [0.05, 0.1) is 12.7 Å². The van der Waals surface area contributed by atoms with Crippen molar-refractivity contribution in [3.63, 3.8) is 0 Å². The van der Waals surface area contributed by atoms with Crippen molar-refractivity contribution in [1.82, 2.24) is 0 Å². The SMILES string of the molecule is COc1c(C(=O)C(=O)O)cc(C)c(Br)c1C. The highest BCUT2D eigenvalue weighted by Gasteiger charge is 2.22. The maximum atomic E-state index is 11.4. The van der Waals surface area contributed by atoms with Crippen LogP contribution in [-0.2, 0) is 4.79 Å². The number of carbonyl (C=O) groups is 2. The summed E-state index contributed by atoms with van der Waals surface area (Å²) in [5.74, 6) is -2.15. The molecule has 0 aliphatic carbocycles. The van der Waals surface area contributed by atoms with Crippen LogP contribution in [0.3, 0.4) is 0 Å². The van der Waals surface area contributed by atoms with Crippen molar-refractivity contribution in [2.75, 3.05) is 7.11 Å². The number of ether oxygens (including phenoxy) is 1. The molecule has 16 heavy (non-hydrogen) atoms. The predicted molar refractivity (Wildman–Crippen MR) is 62.1 cm³/mol.